The third-order valence-corrected chi connectivity index (χ3v) is 4.26. The smallest absolute Gasteiger partial charge is 0.145 e. The molecule has 1 unspecified atom stereocenters. The van der Waals surface area contributed by atoms with Crippen molar-refractivity contribution in [2.45, 2.75) is 26.0 Å². The van der Waals surface area contributed by atoms with Crippen LogP contribution in [-0.2, 0) is 6.54 Å². The number of halogens is 2. The third-order valence-electron chi connectivity index (χ3n) is 3.91. The Kier molecular flexibility index (Phi) is 4.12. The van der Waals surface area contributed by atoms with Crippen molar-refractivity contribution in [3.8, 4) is 5.75 Å². The predicted octanol–water partition coefficient (Wildman–Crippen LogP) is 4.24. The SMILES string of the molecule is CCC1CN(Cc2c(F)cccc2Cl)c2ccc(N)cc2O1. The van der Waals surface area contributed by atoms with Crippen LogP contribution in [0.2, 0.25) is 5.02 Å². The van der Waals surface area contributed by atoms with Gasteiger partial charge in [-0.2, -0.15) is 0 Å². The van der Waals surface area contributed by atoms with Crippen molar-refractivity contribution < 1.29 is 9.13 Å². The van der Waals surface area contributed by atoms with Crippen LogP contribution in [0, 0.1) is 5.82 Å². The molecule has 1 aliphatic rings. The highest BCUT2D eigenvalue weighted by atomic mass is 35.5. The van der Waals surface area contributed by atoms with Crippen LogP contribution in [0.3, 0.4) is 0 Å². The summed E-state index contributed by atoms with van der Waals surface area (Å²) in [5.41, 5.74) is 7.91. The van der Waals surface area contributed by atoms with Gasteiger partial charge in [-0.3, -0.25) is 0 Å². The van der Waals surface area contributed by atoms with Gasteiger partial charge in [-0.25, -0.2) is 4.39 Å². The minimum Gasteiger partial charge on any atom is -0.486 e. The number of hydrogen-bond acceptors (Lipinski definition) is 3. The number of anilines is 2. The fraction of sp³-hybridized carbons (Fsp3) is 0.294. The van der Waals surface area contributed by atoms with Crippen LogP contribution in [0.5, 0.6) is 5.75 Å². The Morgan fingerprint density at radius 3 is 2.91 bits per heavy atom. The standard InChI is InChI=1S/C17H18ClFN2O/c1-2-12-9-21(10-13-14(18)4-3-5-15(13)19)16-7-6-11(20)8-17(16)22-12/h3-8,12H,2,9-10,20H2,1H3. The maximum Gasteiger partial charge on any atom is 0.145 e. The molecule has 1 atom stereocenters. The van der Waals surface area contributed by atoms with Crippen molar-refractivity contribution >= 4 is 23.0 Å². The van der Waals surface area contributed by atoms with E-state index in [4.69, 9.17) is 22.1 Å². The van der Waals surface area contributed by atoms with Crippen LogP contribution in [0.15, 0.2) is 36.4 Å². The zero-order chi connectivity index (χ0) is 15.7. The molecular weight excluding hydrogens is 303 g/mol. The lowest BCUT2D eigenvalue weighted by molar-refractivity contribution is 0.188. The summed E-state index contributed by atoms with van der Waals surface area (Å²) < 4.78 is 20.0. The Hall–Kier alpha value is -1.94. The Bertz CT molecular complexity index is 672. The van der Waals surface area contributed by atoms with E-state index >= 15 is 0 Å². The molecule has 1 aliphatic heterocycles. The number of hydrogen-bond donors (Lipinski definition) is 1. The molecule has 22 heavy (non-hydrogen) atoms. The number of nitrogen functional groups attached to an aromatic ring is 1. The van der Waals surface area contributed by atoms with E-state index in [1.54, 1.807) is 12.1 Å². The average molecular weight is 321 g/mol. The highest BCUT2D eigenvalue weighted by Crippen LogP contribution is 2.37. The maximum absolute atomic E-state index is 14.1. The Morgan fingerprint density at radius 2 is 2.18 bits per heavy atom. The van der Waals surface area contributed by atoms with Crippen LogP contribution in [0.1, 0.15) is 18.9 Å². The molecule has 0 aromatic heterocycles. The van der Waals surface area contributed by atoms with Crippen LogP contribution in [0.4, 0.5) is 15.8 Å². The molecule has 0 amide bonds. The second-order valence-electron chi connectivity index (χ2n) is 5.46. The Labute approximate surface area is 134 Å². The molecule has 0 radical (unpaired) electrons. The van der Waals surface area contributed by atoms with Gasteiger partial charge in [0.1, 0.15) is 17.7 Å². The second kappa shape index (κ2) is 6.05. The van der Waals surface area contributed by atoms with E-state index in [-0.39, 0.29) is 11.9 Å². The van der Waals surface area contributed by atoms with E-state index < -0.39 is 0 Å². The van der Waals surface area contributed by atoms with E-state index in [2.05, 4.69) is 11.8 Å². The van der Waals surface area contributed by atoms with Gasteiger partial charge in [-0.15, -0.1) is 0 Å². The molecule has 2 aromatic rings. The van der Waals surface area contributed by atoms with Crippen LogP contribution in [-0.4, -0.2) is 12.6 Å². The monoisotopic (exact) mass is 320 g/mol. The number of rotatable bonds is 3. The Balaban J connectivity index is 1.96. The number of nitrogens with zero attached hydrogens (tertiary/aromatic N) is 1. The van der Waals surface area contributed by atoms with E-state index in [0.29, 0.717) is 29.4 Å². The highest BCUT2D eigenvalue weighted by Gasteiger charge is 2.26. The predicted molar refractivity (Wildman–Crippen MR) is 88.0 cm³/mol. The van der Waals surface area contributed by atoms with Crippen molar-refractivity contribution in [2.24, 2.45) is 0 Å². The number of benzene rings is 2. The van der Waals surface area contributed by atoms with Crippen LogP contribution < -0.4 is 15.4 Å². The molecule has 5 heteroatoms. The second-order valence-corrected chi connectivity index (χ2v) is 5.86. The lowest BCUT2D eigenvalue weighted by Crippen LogP contribution is -2.39. The van der Waals surface area contributed by atoms with Crippen molar-refractivity contribution in [2.75, 3.05) is 17.2 Å². The van der Waals surface area contributed by atoms with Gasteiger partial charge in [0.15, 0.2) is 0 Å². The van der Waals surface area contributed by atoms with Crippen LogP contribution in [0.25, 0.3) is 0 Å². The maximum atomic E-state index is 14.1. The van der Waals surface area contributed by atoms with Crippen molar-refractivity contribution in [3.63, 3.8) is 0 Å². The van der Waals surface area contributed by atoms with Crippen molar-refractivity contribution in [3.05, 3.63) is 52.8 Å². The molecule has 2 N–H and O–H groups in total. The first-order chi connectivity index (χ1) is 10.6. The molecule has 0 saturated heterocycles. The summed E-state index contributed by atoms with van der Waals surface area (Å²) in [6.07, 6.45) is 0.926. The summed E-state index contributed by atoms with van der Waals surface area (Å²) in [4.78, 5) is 2.09. The summed E-state index contributed by atoms with van der Waals surface area (Å²) >= 11 is 6.15. The zero-order valence-electron chi connectivity index (χ0n) is 12.4. The topological polar surface area (TPSA) is 38.5 Å². The fourth-order valence-corrected chi connectivity index (χ4v) is 2.91. The van der Waals surface area contributed by atoms with E-state index in [1.165, 1.54) is 6.07 Å². The summed E-state index contributed by atoms with van der Waals surface area (Å²) in [6, 6.07) is 10.3. The lowest BCUT2D eigenvalue weighted by Gasteiger charge is -2.36. The van der Waals surface area contributed by atoms with Gasteiger partial charge in [0, 0.05) is 28.9 Å². The van der Waals surface area contributed by atoms with Gasteiger partial charge < -0.3 is 15.4 Å². The number of nitrogens with two attached hydrogens (primary N) is 1. The Morgan fingerprint density at radius 1 is 1.36 bits per heavy atom. The summed E-state index contributed by atoms with van der Waals surface area (Å²) in [6.45, 7) is 3.16. The largest absolute Gasteiger partial charge is 0.486 e. The number of fused-ring (bicyclic) bond motifs is 1. The van der Waals surface area contributed by atoms with Gasteiger partial charge >= 0.3 is 0 Å². The van der Waals surface area contributed by atoms with Crippen LogP contribution >= 0.6 is 11.6 Å². The minimum atomic E-state index is -0.288. The molecule has 3 nitrogen and oxygen atoms in total. The van der Waals surface area contributed by atoms with Gasteiger partial charge in [0.05, 0.1) is 12.2 Å². The quantitative estimate of drug-likeness (QED) is 0.860. The van der Waals surface area contributed by atoms with Gasteiger partial charge in [-0.1, -0.05) is 24.6 Å². The van der Waals surface area contributed by atoms with Gasteiger partial charge in [0.25, 0.3) is 0 Å². The molecule has 3 rings (SSSR count). The normalized spacial score (nSPS) is 17.0. The van der Waals surface area contributed by atoms with Gasteiger partial charge in [0.2, 0.25) is 0 Å². The van der Waals surface area contributed by atoms with Crippen molar-refractivity contribution in [1.82, 2.24) is 0 Å². The molecule has 0 aliphatic carbocycles. The van der Waals surface area contributed by atoms with E-state index in [1.807, 2.05) is 18.2 Å². The molecule has 1 heterocycles. The van der Waals surface area contributed by atoms with E-state index in [9.17, 15) is 4.39 Å². The highest BCUT2D eigenvalue weighted by molar-refractivity contribution is 6.31. The summed E-state index contributed by atoms with van der Waals surface area (Å²) in [5, 5.41) is 0.441. The van der Waals surface area contributed by atoms with Gasteiger partial charge in [-0.05, 0) is 30.7 Å². The first kappa shape index (κ1) is 15.0. The zero-order valence-corrected chi connectivity index (χ0v) is 13.1. The number of ether oxygens (including phenoxy) is 1. The molecule has 116 valence electrons. The first-order valence-corrected chi connectivity index (χ1v) is 7.70. The molecule has 0 fully saturated rings. The summed E-state index contributed by atoms with van der Waals surface area (Å²) in [5.74, 6) is 0.453. The molecule has 0 spiro atoms. The summed E-state index contributed by atoms with van der Waals surface area (Å²) in [7, 11) is 0. The average Bonchev–Trinajstić information content (AvgIpc) is 2.50. The van der Waals surface area contributed by atoms with Crippen molar-refractivity contribution in [1.29, 1.82) is 0 Å². The lowest BCUT2D eigenvalue weighted by atomic mass is 10.1. The minimum absolute atomic E-state index is 0.0554. The van der Waals surface area contributed by atoms with E-state index in [0.717, 1.165) is 17.9 Å². The molecule has 2 aromatic carbocycles. The first-order valence-electron chi connectivity index (χ1n) is 7.32. The fourth-order valence-electron chi connectivity index (χ4n) is 2.68. The molecular formula is C17H18ClFN2O. The molecule has 0 bridgehead atoms. The molecule has 0 saturated carbocycles. The third kappa shape index (κ3) is 2.83.